The van der Waals surface area contributed by atoms with Gasteiger partial charge in [-0.05, 0) is 38.2 Å². The minimum atomic E-state index is -0.512. The van der Waals surface area contributed by atoms with Crippen LogP contribution in [0.15, 0.2) is 30.3 Å². The van der Waals surface area contributed by atoms with Gasteiger partial charge in [-0.3, -0.25) is 4.79 Å². The van der Waals surface area contributed by atoms with Gasteiger partial charge in [-0.15, -0.1) is 0 Å². The topological polar surface area (TPSA) is 83.5 Å². The van der Waals surface area contributed by atoms with Crippen LogP contribution in [0.1, 0.15) is 57.4 Å². The Hall–Kier alpha value is -1.63. The predicted octanol–water partition coefficient (Wildman–Crippen LogP) is -0.927. The molecule has 1 amide bonds. The van der Waals surface area contributed by atoms with Crippen LogP contribution < -0.4 is 18.1 Å². The van der Waals surface area contributed by atoms with E-state index in [1.807, 2.05) is 37.3 Å². The molecule has 2 fully saturated rings. The number of halogens is 1. The van der Waals surface area contributed by atoms with Gasteiger partial charge in [0.15, 0.2) is 6.04 Å². The van der Waals surface area contributed by atoms with Gasteiger partial charge in [0.25, 0.3) is 5.91 Å². The van der Waals surface area contributed by atoms with Gasteiger partial charge in [-0.2, -0.15) is 0 Å². The molecule has 1 aliphatic carbocycles. The van der Waals surface area contributed by atoms with Crippen LogP contribution in [0.4, 0.5) is 0 Å². The largest absolute Gasteiger partial charge is 1.00 e. The second-order valence-corrected chi connectivity index (χ2v) is 7.99. The van der Waals surface area contributed by atoms with Crippen LogP contribution in [0.5, 0.6) is 0 Å². The van der Waals surface area contributed by atoms with Crippen molar-refractivity contribution < 1.29 is 37.2 Å². The third-order valence-electron chi connectivity index (χ3n) is 5.88. The normalized spacial score (nSPS) is 21.9. The van der Waals surface area contributed by atoms with Gasteiger partial charge in [0, 0.05) is 6.54 Å². The van der Waals surface area contributed by atoms with Crippen LogP contribution in [-0.2, 0) is 25.7 Å². The Balaban J connectivity index is 0.00000300. The maximum absolute atomic E-state index is 13.0. The molecule has 6 nitrogen and oxygen atoms in total. The van der Waals surface area contributed by atoms with E-state index >= 15 is 0 Å². The molecule has 0 radical (unpaired) electrons. The van der Waals surface area contributed by atoms with Gasteiger partial charge >= 0.3 is 5.97 Å². The number of carbonyl (C=O) groups is 2. The molecule has 2 aliphatic rings. The average Bonchev–Trinajstić information content (AvgIpc) is 3.22. The number of likely N-dealkylation sites (tertiary alicyclic amines) is 1. The highest BCUT2D eigenvalue weighted by atomic mass is 35.5. The first-order valence-corrected chi connectivity index (χ1v) is 10.6. The molecule has 1 saturated carbocycles. The van der Waals surface area contributed by atoms with Crippen molar-refractivity contribution in [2.75, 3.05) is 6.54 Å². The Labute approximate surface area is 179 Å². The van der Waals surface area contributed by atoms with E-state index in [-0.39, 0.29) is 43.1 Å². The number of esters is 1. The zero-order valence-corrected chi connectivity index (χ0v) is 18.0. The molecule has 0 aromatic heterocycles. The molecule has 7 heteroatoms. The molecule has 162 valence electrons. The number of rotatable bonds is 7. The monoisotopic (exact) mass is 424 g/mol. The van der Waals surface area contributed by atoms with Crippen molar-refractivity contribution in [2.45, 2.75) is 82.8 Å². The van der Waals surface area contributed by atoms with Crippen molar-refractivity contribution in [3.63, 3.8) is 0 Å². The number of quaternary nitrogens is 1. The average molecular weight is 425 g/mol. The number of ether oxygens (including phenoxy) is 2. The first-order chi connectivity index (χ1) is 13.6. The summed E-state index contributed by atoms with van der Waals surface area (Å²) in [6.45, 7) is 2.72. The molecule has 3 atom stereocenters. The number of amides is 1. The van der Waals surface area contributed by atoms with Crippen LogP contribution in [-0.4, -0.2) is 47.6 Å². The predicted molar refractivity (Wildman–Crippen MR) is 105 cm³/mol. The molecular weight excluding hydrogens is 392 g/mol. The summed E-state index contributed by atoms with van der Waals surface area (Å²) in [5, 5.41) is 0. The summed E-state index contributed by atoms with van der Waals surface area (Å²) in [6.07, 6.45) is 7.19. The summed E-state index contributed by atoms with van der Waals surface area (Å²) in [6, 6.07) is 8.56. The van der Waals surface area contributed by atoms with Crippen molar-refractivity contribution in [3.8, 4) is 0 Å². The summed E-state index contributed by atoms with van der Waals surface area (Å²) < 4.78 is 11.6. The van der Waals surface area contributed by atoms with Gasteiger partial charge in [0.2, 0.25) is 0 Å². The van der Waals surface area contributed by atoms with E-state index in [4.69, 9.17) is 9.47 Å². The third-order valence-corrected chi connectivity index (χ3v) is 5.88. The van der Waals surface area contributed by atoms with Gasteiger partial charge in [0.05, 0.1) is 6.10 Å². The van der Waals surface area contributed by atoms with Crippen LogP contribution in [0.2, 0.25) is 0 Å². The van der Waals surface area contributed by atoms with Crippen molar-refractivity contribution >= 4 is 11.9 Å². The van der Waals surface area contributed by atoms with Gasteiger partial charge in [-0.25, -0.2) is 4.79 Å². The minimum absolute atomic E-state index is 0. The lowest BCUT2D eigenvalue weighted by atomic mass is 9.97. The maximum atomic E-state index is 13.0. The molecule has 29 heavy (non-hydrogen) atoms. The lowest BCUT2D eigenvalue weighted by Gasteiger charge is -2.30. The van der Waals surface area contributed by atoms with E-state index in [1.54, 1.807) is 4.90 Å². The molecule has 0 unspecified atom stereocenters. The van der Waals surface area contributed by atoms with E-state index in [0.29, 0.717) is 13.0 Å². The lowest BCUT2D eigenvalue weighted by molar-refractivity contribution is -0.425. The van der Waals surface area contributed by atoms with Crippen molar-refractivity contribution in [1.82, 2.24) is 4.90 Å². The third kappa shape index (κ3) is 6.43. The first kappa shape index (κ1) is 23.6. The molecule has 3 rings (SSSR count). The highest BCUT2D eigenvalue weighted by molar-refractivity contribution is 5.87. The number of carbonyl (C=O) groups excluding carboxylic acids is 2. The van der Waals surface area contributed by atoms with E-state index in [2.05, 4.69) is 5.73 Å². The Kier molecular flexibility index (Phi) is 9.40. The molecule has 1 aliphatic heterocycles. The lowest BCUT2D eigenvalue weighted by Crippen LogP contribution is -3.00. The number of benzene rings is 1. The standard InChI is InChI=1S/C22H32N2O4.ClH/c1-16(28-18-11-6-3-7-12-18)20(23)21(25)24-14-8-13-19(24)22(26)27-15-17-9-4-2-5-10-17;/h2,4-5,9-10,16,18-20H,3,6-8,11-15,23H2,1H3;1H/t16-,19+,20+;/m1./s1. The molecule has 1 saturated heterocycles. The maximum Gasteiger partial charge on any atom is 0.329 e. The number of hydrogen-bond acceptors (Lipinski definition) is 4. The highest BCUT2D eigenvalue weighted by Gasteiger charge is 2.40. The van der Waals surface area contributed by atoms with Crippen molar-refractivity contribution in [3.05, 3.63) is 35.9 Å². The van der Waals surface area contributed by atoms with E-state index in [1.165, 1.54) is 19.3 Å². The Bertz CT molecular complexity index is 651. The fourth-order valence-electron chi connectivity index (χ4n) is 4.11. The Morgan fingerprint density at radius 3 is 2.48 bits per heavy atom. The molecule has 0 spiro atoms. The zero-order chi connectivity index (χ0) is 19.9. The summed E-state index contributed by atoms with van der Waals surface area (Å²) in [7, 11) is 0. The van der Waals surface area contributed by atoms with Gasteiger partial charge in [0.1, 0.15) is 18.8 Å². The molecule has 0 bridgehead atoms. The minimum Gasteiger partial charge on any atom is -1.00 e. The summed E-state index contributed by atoms with van der Waals surface area (Å²) in [5.74, 6) is -0.440. The van der Waals surface area contributed by atoms with Crippen LogP contribution in [0, 0.1) is 0 Å². The van der Waals surface area contributed by atoms with Crippen LogP contribution >= 0.6 is 0 Å². The summed E-state index contributed by atoms with van der Waals surface area (Å²) >= 11 is 0. The summed E-state index contributed by atoms with van der Waals surface area (Å²) in [5.41, 5.74) is 5.01. The fraction of sp³-hybridized carbons (Fsp3) is 0.636. The number of hydrogen-bond donors (Lipinski definition) is 1. The second kappa shape index (κ2) is 11.5. The van der Waals surface area contributed by atoms with E-state index in [9.17, 15) is 9.59 Å². The molecular formula is C22H33ClN2O4. The second-order valence-electron chi connectivity index (χ2n) is 7.99. The molecule has 1 heterocycles. The zero-order valence-electron chi connectivity index (χ0n) is 17.2. The quantitative estimate of drug-likeness (QED) is 0.573. The fourth-order valence-corrected chi connectivity index (χ4v) is 4.11. The SMILES string of the molecule is C[C@@H](OC1CCCCC1)[C@H]([NH3+])C(=O)N1CCC[C@H]1C(=O)OCc1ccccc1.[Cl-]. The highest BCUT2D eigenvalue weighted by Crippen LogP contribution is 2.24. The van der Waals surface area contributed by atoms with Gasteiger partial charge in [-0.1, -0.05) is 49.6 Å². The Morgan fingerprint density at radius 1 is 1.10 bits per heavy atom. The molecule has 1 aromatic rings. The number of nitrogens with zero attached hydrogens (tertiary/aromatic N) is 1. The van der Waals surface area contributed by atoms with Gasteiger partial charge < -0.3 is 32.5 Å². The molecule has 1 aromatic carbocycles. The summed E-state index contributed by atoms with van der Waals surface area (Å²) in [4.78, 5) is 27.2. The first-order valence-electron chi connectivity index (χ1n) is 10.6. The van der Waals surface area contributed by atoms with Crippen LogP contribution in [0.3, 0.4) is 0 Å². The molecule has 3 N–H and O–H groups in total. The Morgan fingerprint density at radius 2 is 1.79 bits per heavy atom. The smallest absolute Gasteiger partial charge is 0.329 e. The van der Waals surface area contributed by atoms with Crippen molar-refractivity contribution in [2.24, 2.45) is 0 Å². The van der Waals surface area contributed by atoms with Crippen LogP contribution in [0.25, 0.3) is 0 Å². The van der Waals surface area contributed by atoms with Crippen molar-refractivity contribution in [1.29, 1.82) is 0 Å². The van der Waals surface area contributed by atoms with E-state index < -0.39 is 12.1 Å². The van der Waals surface area contributed by atoms with E-state index in [0.717, 1.165) is 24.8 Å².